The minimum absolute atomic E-state index is 0.0106. The van der Waals surface area contributed by atoms with Crippen molar-refractivity contribution in [3.63, 3.8) is 0 Å². The molecule has 1 aromatic carbocycles. The van der Waals surface area contributed by atoms with Crippen LogP contribution in [-0.4, -0.2) is 32.7 Å². The SMILES string of the molecule is COc1cccnc1C(C)NC(=O)C(CC1C=CC1)n1c(=O)[nH]c2ccc(F)c(O)c2c1=O. The van der Waals surface area contributed by atoms with E-state index in [4.69, 9.17) is 4.74 Å². The van der Waals surface area contributed by atoms with Gasteiger partial charge in [-0.25, -0.2) is 13.8 Å². The number of H-pyrrole nitrogens is 1. The molecule has 9 nitrogen and oxygen atoms in total. The second kappa shape index (κ2) is 8.89. The summed E-state index contributed by atoms with van der Waals surface area (Å²) in [6.45, 7) is 1.71. The fourth-order valence-corrected chi connectivity index (χ4v) is 3.96. The van der Waals surface area contributed by atoms with Gasteiger partial charge in [0.15, 0.2) is 11.6 Å². The molecule has 2 aromatic heterocycles. The zero-order chi connectivity index (χ0) is 23.7. The monoisotopic (exact) mass is 454 g/mol. The van der Waals surface area contributed by atoms with Gasteiger partial charge >= 0.3 is 5.69 Å². The highest BCUT2D eigenvalue weighted by atomic mass is 19.1. The lowest BCUT2D eigenvalue weighted by Gasteiger charge is -2.26. The van der Waals surface area contributed by atoms with Crippen LogP contribution >= 0.6 is 0 Å². The first kappa shape index (κ1) is 22.3. The third-order valence-electron chi connectivity index (χ3n) is 5.80. The van der Waals surface area contributed by atoms with Crippen LogP contribution in [0.1, 0.15) is 37.5 Å². The normalized spacial score (nSPS) is 16.8. The Morgan fingerprint density at radius 2 is 2.15 bits per heavy atom. The van der Waals surface area contributed by atoms with Gasteiger partial charge in [-0.05, 0) is 49.9 Å². The molecule has 3 unspecified atom stereocenters. The summed E-state index contributed by atoms with van der Waals surface area (Å²) in [6.07, 6.45) is 6.26. The number of hydrogen-bond acceptors (Lipinski definition) is 6. The molecule has 172 valence electrons. The number of phenolic OH excluding ortho intramolecular Hbond substituents is 1. The summed E-state index contributed by atoms with van der Waals surface area (Å²) in [6, 6.07) is 3.76. The van der Waals surface area contributed by atoms with Gasteiger partial charge in [-0.2, -0.15) is 0 Å². The summed E-state index contributed by atoms with van der Waals surface area (Å²) in [5.74, 6) is -2.00. The fraction of sp³-hybridized carbons (Fsp3) is 0.304. The predicted molar refractivity (Wildman–Crippen MR) is 119 cm³/mol. The van der Waals surface area contributed by atoms with Crippen molar-refractivity contribution < 1.29 is 19.0 Å². The minimum atomic E-state index is -1.19. The molecule has 0 saturated heterocycles. The second-order valence-electron chi connectivity index (χ2n) is 7.92. The van der Waals surface area contributed by atoms with Crippen molar-refractivity contribution in [1.82, 2.24) is 19.9 Å². The molecule has 10 heteroatoms. The fourth-order valence-electron chi connectivity index (χ4n) is 3.96. The molecular formula is C23H23FN4O5. The van der Waals surface area contributed by atoms with Crippen molar-refractivity contribution in [3.05, 3.63) is 75.0 Å². The van der Waals surface area contributed by atoms with Gasteiger partial charge in [0, 0.05) is 6.20 Å². The topological polar surface area (TPSA) is 126 Å². The maximum Gasteiger partial charge on any atom is 0.329 e. The van der Waals surface area contributed by atoms with Gasteiger partial charge in [0.1, 0.15) is 22.9 Å². The predicted octanol–water partition coefficient (Wildman–Crippen LogP) is 2.32. The number of allylic oxidation sites excluding steroid dienone is 2. The van der Waals surface area contributed by atoms with E-state index < -0.39 is 46.2 Å². The summed E-state index contributed by atoms with van der Waals surface area (Å²) < 4.78 is 20.0. The van der Waals surface area contributed by atoms with E-state index in [0.29, 0.717) is 17.9 Å². The summed E-state index contributed by atoms with van der Waals surface area (Å²) in [5, 5.41) is 12.5. The number of benzene rings is 1. The molecule has 2 heterocycles. The van der Waals surface area contributed by atoms with E-state index in [2.05, 4.69) is 15.3 Å². The van der Waals surface area contributed by atoms with Gasteiger partial charge in [-0.15, -0.1) is 0 Å². The highest BCUT2D eigenvalue weighted by Crippen LogP contribution is 2.29. The number of nitrogens with zero attached hydrogens (tertiary/aromatic N) is 2. The molecule has 3 N–H and O–H groups in total. The number of carbonyl (C=O) groups excluding carboxylic acids is 1. The average Bonchev–Trinajstić information content (AvgIpc) is 2.76. The quantitative estimate of drug-likeness (QED) is 0.471. The van der Waals surface area contributed by atoms with Gasteiger partial charge in [-0.3, -0.25) is 14.6 Å². The molecule has 0 fully saturated rings. The molecule has 1 aliphatic carbocycles. The van der Waals surface area contributed by atoms with Crippen molar-refractivity contribution in [3.8, 4) is 11.5 Å². The van der Waals surface area contributed by atoms with Gasteiger partial charge in [0.25, 0.3) is 5.56 Å². The lowest BCUT2D eigenvalue weighted by Crippen LogP contribution is -2.46. The number of hydrogen-bond donors (Lipinski definition) is 3. The first-order valence-corrected chi connectivity index (χ1v) is 10.4. The molecule has 3 atom stereocenters. The lowest BCUT2D eigenvalue weighted by molar-refractivity contribution is -0.125. The van der Waals surface area contributed by atoms with E-state index in [9.17, 15) is 23.9 Å². The van der Waals surface area contributed by atoms with E-state index in [0.717, 1.165) is 10.6 Å². The largest absolute Gasteiger partial charge is 0.504 e. The van der Waals surface area contributed by atoms with Crippen LogP contribution in [0.15, 0.2) is 52.2 Å². The van der Waals surface area contributed by atoms with Crippen molar-refractivity contribution in [1.29, 1.82) is 0 Å². The van der Waals surface area contributed by atoms with Crippen LogP contribution in [0.5, 0.6) is 11.5 Å². The molecule has 4 rings (SSSR count). The highest BCUT2D eigenvalue weighted by Gasteiger charge is 2.31. The van der Waals surface area contributed by atoms with Gasteiger partial charge < -0.3 is 20.1 Å². The molecule has 3 aromatic rings. The zero-order valence-electron chi connectivity index (χ0n) is 18.0. The number of amides is 1. The van der Waals surface area contributed by atoms with Crippen molar-refractivity contribution in [2.24, 2.45) is 5.92 Å². The Hall–Kier alpha value is -3.95. The van der Waals surface area contributed by atoms with Crippen LogP contribution in [0.3, 0.4) is 0 Å². The van der Waals surface area contributed by atoms with Gasteiger partial charge in [0.2, 0.25) is 5.91 Å². The third-order valence-corrected chi connectivity index (χ3v) is 5.80. The Morgan fingerprint density at radius 1 is 1.39 bits per heavy atom. The van der Waals surface area contributed by atoms with Gasteiger partial charge in [-0.1, -0.05) is 12.2 Å². The van der Waals surface area contributed by atoms with Crippen LogP contribution in [-0.2, 0) is 4.79 Å². The Labute approximate surface area is 187 Å². The molecule has 1 aliphatic rings. The van der Waals surface area contributed by atoms with Gasteiger partial charge in [0.05, 0.1) is 18.7 Å². The number of pyridine rings is 1. The minimum Gasteiger partial charge on any atom is -0.504 e. The Morgan fingerprint density at radius 3 is 2.82 bits per heavy atom. The van der Waals surface area contributed by atoms with Crippen LogP contribution in [0.2, 0.25) is 0 Å². The number of methoxy groups -OCH3 is 1. The number of rotatable bonds is 7. The second-order valence-corrected chi connectivity index (χ2v) is 7.92. The average molecular weight is 454 g/mol. The summed E-state index contributed by atoms with van der Waals surface area (Å²) in [4.78, 5) is 46.1. The Bertz CT molecular complexity index is 1360. The molecule has 0 spiro atoms. The Balaban J connectivity index is 1.77. The molecule has 1 amide bonds. The maximum atomic E-state index is 13.9. The highest BCUT2D eigenvalue weighted by molar-refractivity contribution is 5.85. The summed E-state index contributed by atoms with van der Waals surface area (Å²) >= 11 is 0. The number of aromatic amines is 1. The third kappa shape index (κ3) is 4.11. The number of carbonyl (C=O) groups is 1. The maximum absolute atomic E-state index is 13.9. The number of halogens is 1. The van der Waals surface area contributed by atoms with E-state index in [1.165, 1.54) is 13.2 Å². The number of ether oxygens (including phenoxy) is 1. The van der Waals surface area contributed by atoms with E-state index in [1.807, 2.05) is 12.2 Å². The van der Waals surface area contributed by atoms with E-state index >= 15 is 0 Å². The molecule has 33 heavy (non-hydrogen) atoms. The summed E-state index contributed by atoms with van der Waals surface area (Å²) in [5.41, 5.74) is -1.31. The molecular weight excluding hydrogens is 431 g/mol. The standard InChI is InChI=1S/C23H23FN4O5/c1-12(19-17(33-2)7-4-10-25-19)26-21(30)16(11-13-5-3-6-13)28-22(31)18-15(27-23(28)32)9-8-14(24)20(18)29/h3-5,7-10,12-13,16,29H,6,11H2,1-2H3,(H,26,30)(H,27,32). The number of nitrogens with one attached hydrogen (secondary N) is 2. The smallest absolute Gasteiger partial charge is 0.329 e. The van der Waals surface area contributed by atoms with E-state index in [-0.39, 0.29) is 17.9 Å². The van der Waals surface area contributed by atoms with Crippen molar-refractivity contribution >= 4 is 16.8 Å². The molecule has 0 radical (unpaired) electrons. The van der Waals surface area contributed by atoms with Crippen LogP contribution in [0.4, 0.5) is 4.39 Å². The number of aromatic nitrogens is 3. The Kier molecular flexibility index (Phi) is 5.99. The van der Waals surface area contributed by atoms with Crippen molar-refractivity contribution in [2.45, 2.75) is 31.8 Å². The van der Waals surface area contributed by atoms with Crippen LogP contribution in [0, 0.1) is 11.7 Å². The lowest BCUT2D eigenvalue weighted by atomic mass is 9.88. The van der Waals surface area contributed by atoms with Crippen LogP contribution in [0.25, 0.3) is 10.9 Å². The first-order valence-electron chi connectivity index (χ1n) is 10.4. The number of aromatic hydroxyl groups is 1. The zero-order valence-corrected chi connectivity index (χ0v) is 18.0. The summed E-state index contributed by atoms with van der Waals surface area (Å²) in [7, 11) is 1.49. The number of fused-ring (bicyclic) bond motifs is 1. The first-order chi connectivity index (χ1) is 15.8. The molecule has 0 bridgehead atoms. The molecule has 0 saturated carbocycles. The molecule has 0 aliphatic heterocycles. The number of phenols is 1. The van der Waals surface area contributed by atoms with Crippen LogP contribution < -0.4 is 21.3 Å². The van der Waals surface area contributed by atoms with Crippen molar-refractivity contribution in [2.75, 3.05) is 7.11 Å². The van der Waals surface area contributed by atoms with E-state index in [1.54, 1.807) is 25.3 Å².